The number of H-pyrrole nitrogens is 1. The van der Waals surface area contributed by atoms with Crippen LogP contribution in [0.5, 0.6) is 0 Å². The number of aromatic amines is 1. The van der Waals surface area contributed by atoms with E-state index < -0.39 is 5.82 Å². The maximum absolute atomic E-state index is 13.1. The van der Waals surface area contributed by atoms with Gasteiger partial charge in [-0.25, -0.2) is 4.39 Å². The van der Waals surface area contributed by atoms with E-state index in [-0.39, 0.29) is 17.5 Å². The van der Waals surface area contributed by atoms with E-state index in [0.717, 1.165) is 11.9 Å². The van der Waals surface area contributed by atoms with Gasteiger partial charge in [-0.3, -0.25) is 4.79 Å². The molecule has 0 unspecified atom stereocenters. The molecule has 0 radical (unpaired) electrons. The van der Waals surface area contributed by atoms with Crippen LogP contribution in [0.4, 0.5) is 10.1 Å². The zero-order valence-corrected chi connectivity index (χ0v) is 13.7. The van der Waals surface area contributed by atoms with Crippen molar-refractivity contribution in [2.24, 2.45) is 0 Å². The molecular formula is C18H17ClFN3O. The number of halogens is 2. The van der Waals surface area contributed by atoms with Gasteiger partial charge in [-0.15, -0.1) is 0 Å². The van der Waals surface area contributed by atoms with Crippen molar-refractivity contribution in [1.29, 1.82) is 0 Å². The Bertz CT molecular complexity index is 862. The number of hydrogen-bond acceptors (Lipinski definition) is 2. The smallest absolute Gasteiger partial charge is 0.239 e. The summed E-state index contributed by atoms with van der Waals surface area (Å²) in [7, 11) is 0. The maximum atomic E-state index is 13.1. The van der Waals surface area contributed by atoms with Gasteiger partial charge >= 0.3 is 0 Å². The van der Waals surface area contributed by atoms with Gasteiger partial charge in [0.25, 0.3) is 0 Å². The third-order valence-corrected chi connectivity index (χ3v) is 4.05. The molecule has 1 amide bonds. The van der Waals surface area contributed by atoms with Gasteiger partial charge in [0.1, 0.15) is 5.82 Å². The summed E-state index contributed by atoms with van der Waals surface area (Å²) in [4.78, 5) is 15.1. The van der Waals surface area contributed by atoms with Crippen molar-refractivity contribution in [3.05, 3.63) is 65.1 Å². The first-order valence-corrected chi connectivity index (χ1v) is 8.02. The third kappa shape index (κ3) is 3.86. The van der Waals surface area contributed by atoms with Crippen molar-refractivity contribution in [1.82, 2.24) is 10.3 Å². The minimum absolute atomic E-state index is 0.0275. The lowest BCUT2D eigenvalue weighted by Crippen LogP contribution is -2.31. The molecule has 0 aliphatic carbocycles. The van der Waals surface area contributed by atoms with Crippen LogP contribution in [-0.2, 0) is 11.2 Å². The quantitative estimate of drug-likeness (QED) is 0.637. The molecule has 0 aliphatic heterocycles. The Kier molecular flexibility index (Phi) is 5.01. The molecule has 1 heterocycles. The fourth-order valence-corrected chi connectivity index (χ4v) is 2.71. The molecule has 124 valence electrons. The third-order valence-electron chi connectivity index (χ3n) is 3.76. The van der Waals surface area contributed by atoms with Crippen molar-refractivity contribution >= 4 is 34.1 Å². The van der Waals surface area contributed by atoms with E-state index >= 15 is 0 Å². The number of benzene rings is 2. The van der Waals surface area contributed by atoms with Gasteiger partial charge in [-0.05, 0) is 36.2 Å². The molecular weight excluding hydrogens is 329 g/mol. The predicted octanol–water partition coefficient (Wildman–Crippen LogP) is 3.73. The van der Waals surface area contributed by atoms with Gasteiger partial charge in [0.05, 0.1) is 11.6 Å². The first kappa shape index (κ1) is 16.3. The number of aromatic nitrogens is 1. The van der Waals surface area contributed by atoms with Gasteiger partial charge in [0, 0.05) is 29.3 Å². The molecule has 3 rings (SSSR count). The van der Waals surface area contributed by atoms with Gasteiger partial charge < -0.3 is 15.6 Å². The Morgan fingerprint density at radius 1 is 1.21 bits per heavy atom. The van der Waals surface area contributed by atoms with Crippen LogP contribution in [0, 0.1) is 5.82 Å². The number of para-hydroxylation sites is 1. The van der Waals surface area contributed by atoms with Crippen LogP contribution in [0.3, 0.4) is 0 Å². The summed E-state index contributed by atoms with van der Waals surface area (Å²) < 4.78 is 13.1. The normalized spacial score (nSPS) is 10.8. The van der Waals surface area contributed by atoms with Gasteiger partial charge in [0.15, 0.2) is 0 Å². The van der Waals surface area contributed by atoms with Gasteiger partial charge in [-0.2, -0.15) is 0 Å². The second-order valence-corrected chi connectivity index (χ2v) is 5.85. The Balaban J connectivity index is 1.46. The van der Waals surface area contributed by atoms with E-state index in [4.69, 9.17) is 11.6 Å². The average molecular weight is 346 g/mol. The zero-order valence-electron chi connectivity index (χ0n) is 12.9. The zero-order chi connectivity index (χ0) is 16.9. The number of nitrogens with one attached hydrogen (secondary N) is 3. The highest BCUT2D eigenvalue weighted by atomic mass is 35.5. The molecule has 6 heteroatoms. The summed E-state index contributed by atoms with van der Waals surface area (Å²) in [5, 5.41) is 6.98. The lowest BCUT2D eigenvalue weighted by Gasteiger charge is -2.08. The highest BCUT2D eigenvalue weighted by molar-refractivity contribution is 6.31. The average Bonchev–Trinajstić information content (AvgIpc) is 2.99. The standard InChI is InChI=1S/C18H17ClFN3O/c19-15-9-13(5-6-16(15)20)22-11-18(24)21-8-7-12-10-23-17-4-2-1-3-14(12)17/h1-6,9-10,22-23H,7-8,11H2,(H,21,24). The molecule has 24 heavy (non-hydrogen) atoms. The molecule has 3 N–H and O–H groups in total. The molecule has 0 fully saturated rings. The molecule has 4 nitrogen and oxygen atoms in total. The highest BCUT2D eigenvalue weighted by Crippen LogP contribution is 2.19. The fourth-order valence-electron chi connectivity index (χ4n) is 2.53. The lowest BCUT2D eigenvalue weighted by molar-refractivity contribution is -0.119. The van der Waals surface area contributed by atoms with E-state index in [9.17, 15) is 9.18 Å². The number of amides is 1. The second-order valence-electron chi connectivity index (χ2n) is 5.44. The number of fused-ring (bicyclic) bond motifs is 1. The Morgan fingerprint density at radius 3 is 2.88 bits per heavy atom. The fraction of sp³-hybridized carbons (Fsp3) is 0.167. The number of hydrogen-bond donors (Lipinski definition) is 3. The molecule has 0 saturated heterocycles. The molecule has 0 saturated carbocycles. The lowest BCUT2D eigenvalue weighted by atomic mass is 10.1. The minimum atomic E-state index is -0.481. The molecule has 2 aromatic carbocycles. The highest BCUT2D eigenvalue weighted by Gasteiger charge is 2.06. The van der Waals surface area contributed by atoms with Crippen LogP contribution in [0.1, 0.15) is 5.56 Å². The van der Waals surface area contributed by atoms with Crippen LogP contribution < -0.4 is 10.6 Å². The Hall–Kier alpha value is -2.53. The first-order valence-electron chi connectivity index (χ1n) is 7.64. The number of anilines is 1. The van der Waals surface area contributed by atoms with E-state index in [2.05, 4.69) is 21.7 Å². The largest absolute Gasteiger partial charge is 0.376 e. The maximum Gasteiger partial charge on any atom is 0.239 e. The summed E-state index contributed by atoms with van der Waals surface area (Å²) in [5.74, 6) is -0.610. The van der Waals surface area contributed by atoms with Crippen LogP contribution in [0.15, 0.2) is 48.7 Å². The minimum Gasteiger partial charge on any atom is -0.376 e. The van der Waals surface area contributed by atoms with Crippen LogP contribution in [-0.4, -0.2) is 24.0 Å². The van der Waals surface area contributed by atoms with E-state index in [1.807, 2.05) is 24.4 Å². The van der Waals surface area contributed by atoms with Gasteiger partial charge in [0.2, 0.25) is 5.91 Å². The van der Waals surface area contributed by atoms with Crippen molar-refractivity contribution in [3.63, 3.8) is 0 Å². The predicted molar refractivity (Wildman–Crippen MR) is 94.9 cm³/mol. The Morgan fingerprint density at radius 2 is 2.04 bits per heavy atom. The van der Waals surface area contributed by atoms with E-state index in [0.29, 0.717) is 12.2 Å². The SMILES string of the molecule is O=C(CNc1ccc(F)c(Cl)c1)NCCc1c[nH]c2ccccc12. The second kappa shape index (κ2) is 7.36. The molecule has 1 aromatic heterocycles. The summed E-state index contributed by atoms with van der Waals surface area (Å²) in [6.07, 6.45) is 2.72. The number of carbonyl (C=O) groups excluding carboxylic acids is 1. The van der Waals surface area contributed by atoms with Crippen molar-refractivity contribution in [3.8, 4) is 0 Å². The molecule has 0 aliphatic rings. The van der Waals surface area contributed by atoms with Crippen LogP contribution >= 0.6 is 11.6 Å². The summed E-state index contributed by atoms with van der Waals surface area (Å²) >= 11 is 5.70. The van der Waals surface area contributed by atoms with Crippen molar-refractivity contribution < 1.29 is 9.18 Å². The van der Waals surface area contributed by atoms with Crippen molar-refractivity contribution in [2.75, 3.05) is 18.4 Å². The molecule has 0 spiro atoms. The summed E-state index contributed by atoms with van der Waals surface area (Å²) in [6.45, 7) is 0.655. The Labute approximate surface area is 144 Å². The van der Waals surface area contributed by atoms with Crippen LogP contribution in [0.2, 0.25) is 5.02 Å². The van der Waals surface area contributed by atoms with E-state index in [1.54, 1.807) is 6.07 Å². The number of rotatable bonds is 6. The summed E-state index contributed by atoms with van der Waals surface area (Å²) in [5.41, 5.74) is 2.87. The molecule has 0 atom stereocenters. The van der Waals surface area contributed by atoms with Gasteiger partial charge in [-0.1, -0.05) is 29.8 Å². The number of carbonyl (C=O) groups is 1. The van der Waals surface area contributed by atoms with Crippen molar-refractivity contribution in [2.45, 2.75) is 6.42 Å². The summed E-state index contributed by atoms with van der Waals surface area (Å²) in [6, 6.07) is 12.3. The molecule has 3 aromatic rings. The van der Waals surface area contributed by atoms with Crippen LogP contribution in [0.25, 0.3) is 10.9 Å². The monoisotopic (exact) mass is 345 g/mol. The first-order chi connectivity index (χ1) is 11.6. The van der Waals surface area contributed by atoms with E-state index in [1.165, 1.54) is 23.1 Å². The molecule has 0 bridgehead atoms. The topological polar surface area (TPSA) is 56.9 Å².